The van der Waals surface area contributed by atoms with Crippen LogP contribution in [0.25, 0.3) is 0 Å². The first-order chi connectivity index (χ1) is 8.50. The molecule has 0 amide bonds. The van der Waals surface area contributed by atoms with E-state index in [-0.39, 0.29) is 30.0 Å². The van der Waals surface area contributed by atoms with E-state index in [0.717, 1.165) is 25.5 Å². The lowest BCUT2D eigenvalue weighted by Crippen LogP contribution is -2.37. The lowest BCUT2D eigenvalue weighted by molar-refractivity contribution is 0.539. The number of benzene rings is 1. The number of rotatable bonds is 4. The van der Waals surface area contributed by atoms with Crippen LogP contribution in [0.2, 0.25) is 5.02 Å². The van der Waals surface area contributed by atoms with Crippen molar-refractivity contribution >= 4 is 34.0 Å². The lowest BCUT2D eigenvalue weighted by Gasteiger charge is -2.13. The van der Waals surface area contributed by atoms with Gasteiger partial charge in [0, 0.05) is 12.6 Å². The predicted octanol–water partition coefficient (Wildman–Crippen LogP) is 1.93. The largest absolute Gasteiger partial charge is 0.313 e. The summed E-state index contributed by atoms with van der Waals surface area (Å²) in [6.07, 6.45) is 1.93. The summed E-state index contributed by atoms with van der Waals surface area (Å²) >= 11 is 5.73. The van der Waals surface area contributed by atoms with Gasteiger partial charge in [-0.25, -0.2) is 17.5 Å². The van der Waals surface area contributed by atoms with Crippen molar-refractivity contribution in [3.8, 4) is 0 Å². The van der Waals surface area contributed by atoms with E-state index in [9.17, 15) is 12.8 Å². The molecule has 0 bridgehead atoms. The Morgan fingerprint density at radius 3 is 2.79 bits per heavy atom. The van der Waals surface area contributed by atoms with E-state index in [1.54, 1.807) is 0 Å². The smallest absolute Gasteiger partial charge is 0.245 e. The summed E-state index contributed by atoms with van der Waals surface area (Å²) < 4.78 is 39.8. The second kappa shape index (κ2) is 6.85. The average molecular weight is 329 g/mol. The molecule has 2 rings (SSSR count). The molecule has 1 fully saturated rings. The van der Waals surface area contributed by atoms with Gasteiger partial charge >= 0.3 is 0 Å². The molecular formula is C11H15Cl2FN2O2S. The van der Waals surface area contributed by atoms with E-state index in [0.29, 0.717) is 0 Å². The SMILES string of the molecule is Cl.O=S(=O)(NCC1CCCN1)c1c(F)cccc1Cl. The van der Waals surface area contributed by atoms with Crippen molar-refractivity contribution in [3.05, 3.63) is 29.0 Å². The van der Waals surface area contributed by atoms with Crippen LogP contribution < -0.4 is 10.0 Å². The predicted molar refractivity (Wildman–Crippen MR) is 74.9 cm³/mol. The molecule has 1 aromatic rings. The fourth-order valence-corrected chi connectivity index (χ4v) is 3.63. The molecule has 1 aliphatic rings. The van der Waals surface area contributed by atoms with E-state index in [1.165, 1.54) is 12.1 Å². The van der Waals surface area contributed by atoms with Crippen molar-refractivity contribution in [2.45, 2.75) is 23.8 Å². The molecule has 1 heterocycles. The van der Waals surface area contributed by atoms with Crippen molar-refractivity contribution in [1.82, 2.24) is 10.0 Å². The van der Waals surface area contributed by atoms with E-state index < -0.39 is 20.7 Å². The molecule has 0 spiro atoms. The van der Waals surface area contributed by atoms with Crippen LogP contribution in [-0.2, 0) is 10.0 Å². The van der Waals surface area contributed by atoms with Crippen molar-refractivity contribution in [1.29, 1.82) is 0 Å². The van der Waals surface area contributed by atoms with E-state index in [1.807, 2.05) is 0 Å². The van der Waals surface area contributed by atoms with Crippen LogP contribution in [0.5, 0.6) is 0 Å². The first kappa shape index (κ1) is 16.7. The van der Waals surface area contributed by atoms with Gasteiger partial charge in [0.05, 0.1) is 5.02 Å². The van der Waals surface area contributed by atoms with Gasteiger partial charge in [0.15, 0.2) is 0 Å². The maximum Gasteiger partial charge on any atom is 0.245 e. The zero-order valence-corrected chi connectivity index (χ0v) is 12.4. The number of hydrogen-bond acceptors (Lipinski definition) is 3. The molecule has 1 saturated heterocycles. The molecule has 1 aromatic carbocycles. The molecule has 1 atom stereocenters. The molecule has 8 heteroatoms. The monoisotopic (exact) mass is 328 g/mol. The fraction of sp³-hybridized carbons (Fsp3) is 0.455. The number of halogens is 3. The zero-order chi connectivity index (χ0) is 13.2. The summed E-state index contributed by atoms with van der Waals surface area (Å²) in [6, 6.07) is 3.90. The Bertz CT molecular complexity index is 513. The summed E-state index contributed by atoms with van der Waals surface area (Å²) in [7, 11) is -3.91. The molecule has 108 valence electrons. The van der Waals surface area contributed by atoms with E-state index in [4.69, 9.17) is 11.6 Å². The molecule has 4 nitrogen and oxygen atoms in total. The quantitative estimate of drug-likeness (QED) is 0.887. The molecule has 2 N–H and O–H groups in total. The maximum absolute atomic E-state index is 13.5. The Morgan fingerprint density at radius 1 is 1.47 bits per heavy atom. The highest BCUT2D eigenvalue weighted by molar-refractivity contribution is 7.89. The van der Waals surface area contributed by atoms with Gasteiger partial charge in [-0.2, -0.15) is 0 Å². The normalized spacial score (nSPS) is 19.2. The highest BCUT2D eigenvalue weighted by Crippen LogP contribution is 2.23. The zero-order valence-electron chi connectivity index (χ0n) is 10.0. The van der Waals surface area contributed by atoms with Gasteiger partial charge in [-0.3, -0.25) is 0 Å². The van der Waals surface area contributed by atoms with Gasteiger partial charge in [-0.05, 0) is 31.5 Å². The molecule has 0 radical (unpaired) electrons. The minimum absolute atomic E-state index is 0. The maximum atomic E-state index is 13.5. The number of hydrogen-bond donors (Lipinski definition) is 2. The van der Waals surface area contributed by atoms with Crippen LogP contribution in [0.15, 0.2) is 23.1 Å². The van der Waals surface area contributed by atoms with Crippen molar-refractivity contribution in [2.24, 2.45) is 0 Å². The molecule has 0 saturated carbocycles. The molecule has 1 unspecified atom stereocenters. The third-order valence-electron chi connectivity index (χ3n) is 2.87. The van der Waals surface area contributed by atoms with Crippen molar-refractivity contribution in [3.63, 3.8) is 0 Å². The Morgan fingerprint density at radius 2 is 2.21 bits per heavy atom. The van der Waals surface area contributed by atoms with Crippen LogP contribution in [0.3, 0.4) is 0 Å². The summed E-state index contributed by atoms with van der Waals surface area (Å²) in [5, 5.41) is 3.05. The first-order valence-electron chi connectivity index (χ1n) is 5.68. The Balaban J connectivity index is 0.00000180. The van der Waals surface area contributed by atoms with Gasteiger partial charge in [-0.15, -0.1) is 12.4 Å². The summed E-state index contributed by atoms with van der Waals surface area (Å²) in [5.41, 5.74) is 0. The third kappa shape index (κ3) is 4.03. The second-order valence-corrected chi connectivity index (χ2v) is 6.31. The molecular weight excluding hydrogens is 314 g/mol. The van der Waals surface area contributed by atoms with Gasteiger partial charge in [0.2, 0.25) is 10.0 Å². The van der Waals surface area contributed by atoms with E-state index >= 15 is 0 Å². The molecule has 0 aliphatic carbocycles. The van der Waals surface area contributed by atoms with Gasteiger partial charge in [-0.1, -0.05) is 17.7 Å². The van der Waals surface area contributed by atoms with E-state index in [2.05, 4.69) is 10.0 Å². The van der Waals surface area contributed by atoms with Crippen molar-refractivity contribution < 1.29 is 12.8 Å². The third-order valence-corrected chi connectivity index (χ3v) is 4.80. The first-order valence-corrected chi connectivity index (χ1v) is 7.54. The van der Waals surface area contributed by atoms with Crippen LogP contribution >= 0.6 is 24.0 Å². The molecule has 0 aromatic heterocycles. The Kier molecular flexibility index (Phi) is 6.01. The van der Waals surface area contributed by atoms with Gasteiger partial charge in [0.25, 0.3) is 0 Å². The fourth-order valence-electron chi connectivity index (χ4n) is 1.95. The standard InChI is InChI=1S/C11H14ClFN2O2S.ClH/c12-9-4-1-5-10(13)11(9)18(16,17)15-7-8-3-2-6-14-8;/h1,4-5,8,14-15H,2-3,6-7H2;1H. The number of nitrogens with one attached hydrogen (secondary N) is 2. The van der Waals surface area contributed by atoms with Gasteiger partial charge in [0.1, 0.15) is 10.7 Å². The highest BCUT2D eigenvalue weighted by atomic mass is 35.5. The minimum Gasteiger partial charge on any atom is -0.313 e. The summed E-state index contributed by atoms with van der Waals surface area (Å²) in [6.45, 7) is 1.12. The molecule has 19 heavy (non-hydrogen) atoms. The Hall–Kier alpha value is -0.400. The Labute approximate surface area is 123 Å². The van der Waals surface area contributed by atoms with Crippen LogP contribution in [0.4, 0.5) is 4.39 Å². The van der Waals surface area contributed by atoms with Gasteiger partial charge < -0.3 is 5.32 Å². The minimum atomic E-state index is -3.91. The van der Waals surface area contributed by atoms with Crippen LogP contribution in [0.1, 0.15) is 12.8 Å². The second-order valence-electron chi connectivity index (χ2n) is 4.20. The lowest BCUT2D eigenvalue weighted by atomic mass is 10.2. The van der Waals surface area contributed by atoms with Crippen LogP contribution in [-0.4, -0.2) is 27.5 Å². The average Bonchev–Trinajstić information content (AvgIpc) is 2.78. The van der Waals surface area contributed by atoms with Crippen LogP contribution in [0, 0.1) is 5.82 Å². The summed E-state index contributed by atoms with van der Waals surface area (Å²) in [4.78, 5) is -0.482. The highest BCUT2D eigenvalue weighted by Gasteiger charge is 2.24. The topological polar surface area (TPSA) is 58.2 Å². The summed E-state index contributed by atoms with van der Waals surface area (Å²) in [5.74, 6) is -0.839. The van der Waals surface area contributed by atoms with Crippen molar-refractivity contribution in [2.75, 3.05) is 13.1 Å². The number of sulfonamides is 1. The molecule has 1 aliphatic heterocycles.